The Morgan fingerprint density at radius 3 is 2.48 bits per heavy atom. The molecule has 0 saturated heterocycles. The van der Waals surface area contributed by atoms with Gasteiger partial charge in [0.1, 0.15) is 5.82 Å². The van der Waals surface area contributed by atoms with E-state index in [0.717, 1.165) is 29.9 Å². The summed E-state index contributed by atoms with van der Waals surface area (Å²) >= 11 is 0. The van der Waals surface area contributed by atoms with E-state index in [0.29, 0.717) is 6.54 Å². The van der Waals surface area contributed by atoms with Gasteiger partial charge in [0.25, 0.3) is 0 Å². The molecule has 21 heavy (non-hydrogen) atoms. The second-order valence-corrected chi connectivity index (χ2v) is 5.07. The summed E-state index contributed by atoms with van der Waals surface area (Å²) in [6.45, 7) is 5.46. The molecule has 0 radical (unpaired) electrons. The van der Waals surface area contributed by atoms with E-state index in [1.165, 1.54) is 12.1 Å². The zero-order valence-electron chi connectivity index (χ0n) is 12.9. The van der Waals surface area contributed by atoms with Crippen LogP contribution in [0.4, 0.5) is 10.1 Å². The third-order valence-electron chi connectivity index (χ3n) is 3.73. The van der Waals surface area contributed by atoms with Crippen molar-refractivity contribution < 1.29 is 4.39 Å². The molecule has 2 N–H and O–H groups in total. The average Bonchev–Trinajstić information content (AvgIpc) is 2.86. The van der Waals surface area contributed by atoms with Crippen molar-refractivity contribution in [3.63, 3.8) is 0 Å². The van der Waals surface area contributed by atoms with Crippen LogP contribution in [0.2, 0.25) is 0 Å². The predicted octanol–water partition coefficient (Wildman–Crippen LogP) is 2.65. The van der Waals surface area contributed by atoms with Crippen molar-refractivity contribution in [2.24, 2.45) is 12.8 Å². The van der Waals surface area contributed by atoms with Gasteiger partial charge in [-0.15, -0.1) is 0 Å². The van der Waals surface area contributed by atoms with Gasteiger partial charge in [0.15, 0.2) is 0 Å². The summed E-state index contributed by atoms with van der Waals surface area (Å²) < 4.78 is 15.0. The Hall–Kier alpha value is -1.88. The van der Waals surface area contributed by atoms with E-state index in [4.69, 9.17) is 5.73 Å². The molecule has 2 rings (SSSR count). The third kappa shape index (κ3) is 3.24. The molecule has 1 heterocycles. The Balaban J connectivity index is 2.39. The summed E-state index contributed by atoms with van der Waals surface area (Å²) in [5.41, 5.74) is 9.21. The number of hydrogen-bond acceptors (Lipinski definition) is 3. The smallest absolute Gasteiger partial charge is 0.123 e. The molecule has 1 unspecified atom stereocenters. The lowest BCUT2D eigenvalue weighted by Gasteiger charge is -2.32. The van der Waals surface area contributed by atoms with Crippen molar-refractivity contribution in [2.75, 3.05) is 18.0 Å². The van der Waals surface area contributed by atoms with Crippen molar-refractivity contribution >= 4 is 5.69 Å². The van der Waals surface area contributed by atoms with Crippen molar-refractivity contribution in [2.45, 2.75) is 26.3 Å². The molecule has 5 heteroatoms. The molecule has 1 aromatic heterocycles. The van der Waals surface area contributed by atoms with Crippen LogP contribution >= 0.6 is 0 Å². The quantitative estimate of drug-likeness (QED) is 0.889. The molecule has 0 aliphatic carbocycles. The first-order valence-electron chi connectivity index (χ1n) is 7.35. The lowest BCUT2D eigenvalue weighted by Crippen LogP contribution is -2.34. The highest BCUT2D eigenvalue weighted by Gasteiger charge is 2.22. The van der Waals surface area contributed by atoms with Gasteiger partial charge in [-0.1, -0.05) is 6.92 Å². The van der Waals surface area contributed by atoms with E-state index in [9.17, 15) is 4.39 Å². The molecule has 0 amide bonds. The third-order valence-corrected chi connectivity index (χ3v) is 3.73. The minimum atomic E-state index is -0.227. The Bertz CT molecular complexity index is 576. The number of benzene rings is 1. The van der Waals surface area contributed by atoms with Crippen molar-refractivity contribution in [1.29, 1.82) is 0 Å². The summed E-state index contributed by atoms with van der Waals surface area (Å²) in [6, 6.07) is 6.60. The van der Waals surface area contributed by atoms with E-state index in [-0.39, 0.29) is 11.9 Å². The summed E-state index contributed by atoms with van der Waals surface area (Å²) in [5, 5.41) is 4.50. The number of anilines is 1. The second-order valence-electron chi connectivity index (χ2n) is 5.07. The fourth-order valence-electron chi connectivity index (χ4n) is 2.74. The maximum atomic E-state index is 13.1. The maximum absolute atomic E-state index is 13.1. The highest BCUT2D eigenvalue weighted by molar-refractivity contribution is 5.49. The van der Waals surface area contributed by atoms with Crippen molar-refractivity contribution in [3.8, 4) is 0 Å². The van der Waals surface area contributed by atoms with E-state index >= 15 is 0 Å². The SMILES string of the molecule is CCc1nn(C)cc1C(CN)N(CC)c1ccc(F)cc1. The highest BCUT2D eigenvalue weighted by Crippen LogP contribution is 2.28. The molecule has 0 aliphatic rings. The number of aromatic nitrogens is 2. The largest absolute Gasteiger partial charge is 0.363 e. The number of nitrogens with zero attached hydrogens (tertiary/aromatic N) is 3. The number of aryl methyl sites for hydroxylation is 2. The minimum Gasteiger partial charge on any atom is -0.363 e. The second kappa shape index (κ2) is 6.72. The zero-order valence-corrected chi connectivity index (χ0v) is 12.9. The van der Waals surface area contributed by atoms with E-state index in [1.807, 2.05) is 17.9 Å². The van der Waals surface area contributed by atoms with Crippen LogP contribution in [0.25, 0.3) is 0 Å². The molecular formula is C16H23FN4. The maximum Gasteiger partial charge on any atom is 0.123 e. The Kier molecular flexibility index (Phi) is 4.96. The van der Waals surface area contributed by atoms with Crippen molar-refractivity contribution in [3.05, 3.63) is 47.5 Å². The van der Waals surface area contributed by atoms with Crippen molar-refractivity contribution in [1.82, 2.24) is 9.78 Å². The van der Waals surface area contributed by atoms with Gasteiger partial charge >= 0.3 is 0 Å². The number of nitrogens with two attached hydrogens (primary N) is 1. The van der Waals surface area contributed by atoms with Crippen LogP contribution in [-0.2, 0) is 13.5 Å². The monoisotopic (exact) mass is 290 g/mol. The van der Waals surface area contributed by atoms with Crippen LogP contribution in [0, 0.1) is 5.82 Å². The summed E-state index contributed by atoms with van der Waals surface area (Å²) in [5.74, 6) is -0.227. The van der Waals surface area contributed by atoms with Gasteiger partial charge in [-0.25, -0.2) is 4.39 Å². The molecule has 0 aliphatic heterocycles. The van der Waals surface area contributed by atoms with E-state index in [1.54, 1.807) is 12.1 Å². The molecule has 0 fully saturated rings. The molecule has 2 aromatic rings. The van der Waals surface area contributed by atoms with Crippen LogP contribution in [-0.4, -0.2) is 22.9 Å². The standard InChI is InChI=1S/C16H23FN4/c1-4-15-14(11-20(3)19-15)16(10-18)21(5-2)13-8-6-12(17)7-9-13/h6-9,11,16H,4-5,10,18H2,1-3H3. The summed E-state index contributed by atoms with van der Waals surface area (Å²) in [6.07, 6.45) is 2.90. The number of hydrogen-bond donors (Lipinski definition) is 1. The topological polar surface area (TPSA) is 47.1 Å². The summed E-state index contributed by atoms with van der Waals surface area (Å²) in [7, 11) is 1.92. The lowest BCUT2D eigenvalue weighted by atomic mass is 10.0. The first-order valence-corrected chi connectivity index (χ1v) is 7.35. The normalized spacial score (nSPS) is 12.4. The Morgan fingerprint density at radius 1 is 1.29 bits per heavy atom. The molecule has 114 valence electrons. The van der Waals surface area contributed by atoms with Crippen LogP contribution in [0.1, 0.15) is 31.1 Å². The molecule has 4 nitrogen and oxygen atoms in total. The fraction of sp³-hybridized carbons (Fsp3) is 0.438. The molecule has 0 bridgehead atoms. The number of likely N-dealkylation sites (N-methyl/N-ethyl adjacent to an activating group) is 1. The molecule has 0 saturated carbocycles. The van der Waals surface area contributed by atoms with Gasteiger partial charge in [-0.05, 0) is 37.6 Å². The van der Waals surface area contributed by atoms with Crippen LogP contribution in [0.3, 0.4) is 0 Å². The first-order chi connectivity index (χ1) is 10.1. The van der Waals surface area contributed by atoms with Gasteiger partial charge in [-0.3, -0.25) is 4.68 Å². The minimum absolute atomic E-state index is 0.0455. The van der Waals surface area contributed by atoms with Crippen LogP contribution < -0.4 is 10.6 Å². The number of halogens is 1. The fourth-order valence-corrected chi connectivity index (χ4v) is 2.74. The molecule has 0 spiro atoms. The van der Waals surface area contributed by atoms with E-state index in [2.05, 4.69) is 23.8 Å². The Labute approximate surface area is 125 Å². The number of rotatable bonds is 6. The average molecular weight is 290 g/mol. The van der Waals surface area contributed by atoms with Gasteiger partial charge in [0.2, 0.25) is 0 Å². The lowest BCUT2D eigenvalue weighted by molar-refractivity contribution is 0.621. The molecular weight excluding hydrogens is 267 g/mol. The first kappa shape index (κ1) is 15.5. The highest BCUT2D eigenvalue weighted by atomic mass is 19.1. The van der Waals surface area contributed by atoms with Gasteiger partial charge in [0, 0.05) is 37.6 Å². The van der Waals surface area contributed by atoms with E-state index < -0.39 is 0 Å². The molecule has 1 atom stereocenters. The van der Waals surface area contributed by atoms with Gasteiger partial charge in [0.05, 0.1) is 11.7 Å². The van der Waals surface area contributed by atoms with Crippen LogP contribution in [0.15, 0.2) is 30.5 Å². The van der Waals surface area contributed by atoms with Gasteiger partial charge < -0.3 is 10.6 Å². The zero-order chi connectivity index (χ0) is 15.4. The molecule has 1 aromatic carbocycles. The Morgan fingerprint density at radius 2 is 1.95 bits per heavy atom. The van der Waals surface area contributed by atoms with Gasteiger partial charge in [-0.2, -0.15) is 5.10 Å². The predicted molar refractivity (Wildman–Crippen MR) is 83.8 cm³/mol. The summed E-state index contributed by atoms with van der Waals surface area (Å²) in [4.78, 5) is 2.19. The van der Waals surface area contributed by atoms with Crippen LogP contribution in [0.5, 0.6) is 0 Å².